The molecule has 2 nitrogen and oxygen atoms in total. The first-order chi connectivity index (χ1) is 4.27. The molecule has 0 aliphatic heterocycles. The minimum Gasteiger partial charge on any atom is -0.305 e. The highest BCUT2D eigenvalue weighted by Gasteiger charge is 1.82. The molecule has 54 valence electrons. The highest BCUT2D eigenvalue weighted by Crippen LogP contribution is 1.72. The standard InChI is InChI=1S/C6H16N2Si/c1-3-7-5-8-4-6(2)9/h7-8H,2-5H2,1,9H3. The molecule has 3 heteroatoms. The van der Waals surface area contributed by atoms with Crippen LogP contribution in [0.5, 0.6) is 0 Å². The lowest BCUT2D eigenvalue weighted by Crippen LogP contribution is -2.29. The van der Waals surface area contributed by atoms with Gasteiger partial charge in [0.25, 0.3) is 0 Å². The molecule has 0 amide bonds. The molecule has 0 aliphatic carbocycles. The van der Waals surface area contributed by atoms with Gasteiger partial charge in [-0.2, -0.15) is 0 Å². The summed E-state index contributed by atoms with van der Waals surface area (Å²) in [7, 11) is 1.10. The monoisotopic (exact) mass is 144 g/mol. The van der Waals surface area contributed by atoms with Crippen molar-refractivity contribution < 1.29 is 0 Å². The van der Waals surface area contributed by atoms with Gasteiger partial charge in [0.1, 0.15) is 0 Å². The van der Waals surface area contributed by atoms with Crippen molar-refractivity contribution in [2.75, 3.05) is 19.8 Å². The molecular formula is C6H16N2Si. The second-order valence-electron chi connectivity index (χ2n) is 2.16. The molecule has 0 heterocycles. The van der Waals surface area contributed by atoms with Crippen molar-refractivity contribution >= 4 is 10.2 Å². The molecule has 0 spiro atoms. The Morgan fingerprint density at radius 1 is 1.56 bits per heavy atom. The summed E-state index contributed by atoms with van der Waals surface area (Å²) in [6, 6.07) is 0. The first-order valence-electron chi connectivity index (χ1n) is 3.33. The van der Waals surface area contributed by atoms with Crippen molar-refractivity contribution in [3.63, 3.8) is 0 Å². The van der Waals surface area contributed by atoms with Crippen molar-refractivity contribution in [1.29, 1.82) is 0 Å². The Hall–Kier alpha value is -0.123. The number of hydrogen-bond acceptors (Lipinski definition) is 2. The van der Waals surface area contributed by atoms with Gasteiger partial charge in [-0.05, 0) is 6.54 Å². The van der Waals surface area contributed by atoms with Crippen molar-refractivity contribution in [2.45, 2.75) is 6.92 Å². The van der Waals surface area contributed by atoms with Gasteiger partial charge < -0.3 is 10.6 Å². The van der Waals surface area contributed by atoms with Gasteiger partial charge in [0, 0.05) is 23.5 Å². The summed E-state index contributed by atoms with van der Waals surface area (Å²) in [6.07, 6.45) is 0. The SMILES string of the molecule is C=C([SiH3])CNCNCC. The van der Waals surface area contributed by atoms with Gasteiger partial charge in [-0.3, -0.25) is 0 Å². The summed E-state index contributed by atoms with van der Waals surface area (Å²) >= 11 is 0. The fourth-order valence-corrected chi connectivity index (χ4v) is 0.739. The molecule has 9 heavy (non-hydrogen) atoms. The topological polar surface area (TPSA) is 24.1 Å². The molecule has 0 fully saturated rings. The summed E-state index contributed by atoms with van der Waals surface area (Å²) in [6.45, 7) is 8.82. The van der Waals surface area contributed by atoms with E-state index in [4.69, 9.17) is 0 Å². The third-order valence-corrected chi connectivity index (χ3v) is 1.28. The van der Waals surface area contributed by atoms with Crippen LogP contribution in [0.2, 0.25) is 0 Å². The Morgan fingerprint density at radius 2 is 2.22 bits per heavy atom. The lowest BCUT2D eigenvalue weighted by atomic mass is 10.6. The minimum absolute atomic E-state index is 0.901. The van der Waals surface area contributed by atoms with E-state index < -0.39 is 0 Å². The van der Waals surface area contributed by atoms with E-state index in [0.29, 0.717) is 0 Å². The molecule has 0 aliphatic rings. The number of nitrogens with one attached hydrogen (secondary N) is 2. The van der Waals surface area contributed by atoms with Crippen molar-refractivity contribution in [3.8, 4) is 0 Å². The van der Waals surface area contributed by atoms with Crippen LogP contribution in [0.3, 0.4) is 0 Å². The molecule has 0 unspecified atom stereocenters. The molecule has 0 aromatic rings. The number of rotatable bonds is 5. The summed E-state index contributed by atoms with van der Waals surface area (Å²) in [5.41, 5.74) is 0. The van der Waals surface area contributed by atoms with Crippen LogP contribution in [0.25, 0.3) is 0 Å². The van der Waals surface area contributed by atoms with Crippen LogP contribution >= 0.6 is 0 Å². The first-order valence-corrected chi connectivity index (χ1v) is 4.33. The molecule has 0 atom stereocenters. The molecule has 0 bridgehead atoms. The third-order valence-electron chi connectivity index (χ3n) is 0.927. The van der Waals surface area contributed by atoms with E-state index in [1.54, 1.807) is 0 Å². The van der Waals surface area contributed by atoms with Gasteiger partial charge in [-0.1, -0.05) is 12.1 Å². The maximum absolute atomic E-state index is 3.82. The van der Waals surface area contributed by atoms with E-state index in [0.717, 1.165) is 30.0 Å². The van der Waals surface area contributed by atoms with E-state index >= 15 is 0 Å². The Bertz CT molecular complexity index is 83.1. The molecule has 0 radical (unpaired) electrons. The minimum atomic E-state index is 0.901. The summed E-state index contributed by atoms with van der Waals surface area (Å²) in [5, 5.41) is 7.69. The lowest BCUT2D eigenvalue weighted by molar-refractivity contribution is 0.629. The second kappa shape index (κ2) is 6.00. The van der Waals surface area contributed by atoms with Gasteiger partial charge >= 0.3 is 0 Å². The van der Waals surface area contributed by atoms with Crippen LogP contribution < -0.4 is 10.6 Å². The predicted molar refractivity (Wildman–Crippen MR) is 45.6 cm³/mol. The molecule has 0 rings (SSSR count). The predicted octanol–water partition coefficient (Wildman–Crippen LogP) is -0.978. The highest BCUT2D eigenvalue weighted by atomic mass is 28.1. The first kappa shape index (κ1) is 8.88. The van der Waals surface area contributed by atoms with Crippen molar-refractivity contribution in [2.24, 2.45) is 0 Å². The zero-order valence-electron chi connectivity index (χ0n) is 6.33. The van der Waals surface area contributed by atoms with Crippen LogP contribution in [0.1, 0.15) is 6.92 Å². The van der Waals surface area contributed by atoms with Crippen LogP contribution in [-0.2, 0) is 0 Å². The average Bonchev–Trinajstić information content (AvgIpc) is 1.80. The summed E-state index contributed by atoms with van der Waals surface area (Å²) in [4.78, 5) is 0. The zero-order valence-corrected chi connectivity index (χ0v) is 8.33. The van der Waals surface area contributed by atoms with Crippen LogP contribution in [0.15, 0.2) is 11.8 Å². The van der Waals surface area contributed by atoms with E-state index in [9.17, 15) is 0 Å². The highest BCUT2D eigenvalue weighted by molar-refractivity contribution is 6.21. The smallest absolute Gasteiger partial charge is 0.0456 e. The fourth-order valence-electron chi connectivity index (χ4n) is 0.489. The summed E-state index contributed by atoms with van der Waals surface area (Å²) in [5.74, 6) is 0. The largest absolute Gasteiger partial charge is 0.305 e. The summed E-state index contributed by atoms with van der Waals surface area (Å²) < 4.78 is 0. The molecular weight excluding hydrogens is 128 g/mol. The molecule has 2 N–H and O–H groups in total. The van der Waals surface area contributed by atoms with Gasteiger partial charge in [-0.25, -0.2) is 0 Å². The molecule has 0 saturated heterocycles. The average molecular weight is 144 g/mol. The maximum atomic E-state index is 3.82. The molecule has 0 aromatic heterocycles. The lowest BCUT2D eigenvalue weighted by Gasteiger charge is -2.02. The molecule has 0 saturated carbocycles. The van der Waals surface area contributed by atoms with E-state index in [2.05, 4.69) is 24.1 Å². The maximum Gasteiger partial charge on any atom is 0.0456 e. The molecule has 0 aromatic carbocycles. The van der Waals surface area contributed by atoms with E-state index in [-0.39, 0.29) is 0 Å². The van der Waals surface area contributed by atoms with Crippen molar-refractivity contribution in [3.05, 3.63) is 11.8 Å². The van der Waals surface area contributed by atoms with Gasteiger partial charge in [0.15, 0.2) is 0 Å². The van der Waals surface area contributed by atoms with Crippen LogP contribution in [0, 0.1) is 0 Å². The van der Waals surface area contributed by atoms with Gasteiger partial charge in [0.05, 0.1) is 0 Å². The normalized spacial score (nSPS) is 9.89. The third kappa shape index (κ3) is 7.88. The quantitative estimate of drug-likeness (QED) is 0.294. The van der Waals surface area contributed by atoms with E-state index in [1.807, 2.05) is 0 Å². The van der Waals surface area contributed by atoms with Gasteiger partial charge in [0.2, 0.25) is 0 Å². The second-order valence-corrected chi connectivity index (χ2v) is 3.58. The number of hydrogen-bond donors (Lipinski definition) is 2. The van der Waals surface area contributed by atoms with Crippen molar-refractivity contribution in [1.82, 2.24) is 10.6 Å². The Labute approximate surface area is 60.1 Å². The van der Waals surface area contributed by atoms with Crippen LogP contribution in [-0.4, -0.2) is 30.0 Å². The van der Waals surface area contributed by atoms with Gasteiger partial charge in [-0.15, -0.1) is 6.58 Å². The Kier molecular flexibility index (Phi) is 5.92. The zero-order chi connectivity index (χ0) is 7.11. The van der Waals surface area contributed by atoms with Crippen LogP contribution in [0.4, 0.5) is 0 Å². The fraction of sp³-hybridized carbons (Fsp3) is 0.667. The Morgan fingerprint density at radius 3 is 2.67 bits per heavy atom. The Balaban J connectivity index is 2.83. The van der Waals surface area contributed by atoms with E-state index in [1.165, 1.54) is 5.20 Å².